The summed E-state index contributed by atoms with van der Waals surface area (Å²) in [4.78, 5) is 4.83. The van der Waals surface area contributed by atoms with Gasteiger partial charge in [0, 0.05) is 5.56 Å². The second kappa shape index (κ2) is 9.28. The molecule has 5 aromatic carbocycles. The quantitative estimate of drug-likeness (QED) is 0.204. The van der Waals surface area contributed by atoms with Crippen LogP contribution in [0.1, 0.15) is 49.9 Å². The van der Waals surface area contributed by atoms with Crippen LogP contribution >= 0.6 is 0 Å². The van der Waals surface area contributed by atoms with Crippen LogP contribution in [-0.2, 0) is 14.7 Å². The second-order valence-corrected chi connectivity index (χ2v) is 12.6. The van der Waals surface area contributed by atoms with E-state index in [1.165, 1.54) is 27.8 Å². The Balaban J connectivity index is 1.38. The molecule has 4 nitrogen and oxygen atoms in total. The molecule has 0 N–H and O–H groups in total. The summed E-state index contributed by atoms with van der Waals surface area (Å²) in [7, 11) is -0.460. The molecule has 210 valence electrons. The number of hydrogen-bond donors (Lipinski definition) is 0. The van der Waals surface area contributed by atoms with Crippen LogP contribution in [0.25, 0.3) is 33.7 Å². The molecule has 2 heterocycles. The molecule has 6 aromatic rings. The Kier molecular flexibility index (Phi) is 5.65. The van der Waals surface area contributed by atoms with E-state index in [0.29, 0.717) is 5.89 Å². The molecule has 1 saturated heterocycles. The largest absolute Gasteiger partial charge is 0.494 e. The van der Waals surface area contributed by atoms with Gasteiger partial charge in [-0.1, -0.05) is 97.1 Å². The lowest BCUT2D eigenvalue weighted by atomic mass is 9.66. The van der Waals surface area contributed by atoms with Gasteiger partial charge in [0.1, 0.15) is 5.52 Å². The van der Waals surface area contributed by atoms with E-state index in [9.17, 15) is 0 Å². The van der Waals surface area contributed by atoms with E-state index in [1.54, 1.807) is 0 Å². The minimum atomic E-state index is -0.583. The lowest BCUT2D eigenvalue weighted by molar-refractivity contribution is 0.00578. The van der Waals surface area contributed by atoms with Gasteiger partial charge in [-0.15, -0.1) is 0 Å². The van der Waals surface area contributed by atoms with Gasteiger partial charge in [-0.05, 0) is 90.8 Å². The first-order chi connectivity index (χ1) is 20.8. The molecular weight excluding hydrogens is 529 g/mol. The van der Waals surface area contributed by atoms with Crippen molar-refractivity contribution in [1.82, 2.24) is 4.98 Å². The van der Waals surface area contributed by atoms with Crippen molar-refractivity contribution in [1.29, 1.82) is 0 Å². The van der Waals surface area contributed by atoms with Gasteiger partial charge in [-0.25, -0.2) is 4.98 Å². The zero-order valence-corrected chi connectivity index (χ0v) is 24.8. The molecule has 0 bridgehead atoms. The molecule has 0 spiro atoms. The highest BCUT2D eigenvalue weighted by atomic mass is 16.7. The molecule has 5 heteroatoms. The van der Waals surface area contributed by atoms with Gasteiger partial charge < -0.3 is 13.7 Å². The smallest absolute Gasteiger partial charge is 0.436 e. The maximum Gasteiger partial charge on any atom is 0.494 e. The predicted molar refractivity (Wildman–Crippen MR) is 172 cm³/mol. The van der Waals surface area contributed by atoms with E-state index in [0.717, 1.165) is 27.7 Å². The summed E-state index contributed by atoms with van der Waals surface area (Å²) in [6, 6.07) is 42.7. The molecule has 1 fully saturated rings. The van der Waals surface area contributed by atoms with Crippen LogP contribution in [0.3, 0.4) is 0 Å². The highest BCUT2D eigenvalue weighted by molar-refractivity contribution is 6.62. The average Bonchev–Trinajstić information content (AvgIpc) is 3.65. The molecular formula is C38H32BNO3. The van der Waals surface area contributed by atoms with Crippen LogP contribution in [0.4, 0.5) is 0 Å². The summed E-state index contributed by atoms with van der Waals surface area (Å²) >= 11 is 0. The van der Waals surface area contributed by atoms with Crippen molar-refractivity contribution < 1.29 is 13.7 Å². The first kappa shape index (κ1) is 26.2. The Morgan fingerprint density at radius 1 is 0.581 bits per heavy atom. The van der Waals surface area contributed by atoms with Gasteiger partial charge in [0.2, 0.25) is 5.89 Å². The lowest BCUT2D eigenvalue weighted by Gasteiger charge is -2.34. The lowest BCUT2D eigenvalue weighted by Crippen LogP contribution is -2.41. The Morgan fingerprint density at radius 2 is 1.23 bits per heavy atom. The van der Waals surface area contributed by atoms with Crippen molar-refractivity contribution in [2.45, 2.75) is 44.3 Å². The van der Waals surface area contributed by atoms with Crippen molar-refractivity contribution in [2.24, 2.45) is 0 Å². The molecule has 1 aliphatic heterocycles. The molecule has 2 aliphatic rings. The fourth-order valence-corrected chi connectivity index (χ4v) is 6.76. The number of oxazole rings is 1. The molecule has 0 amide bonds. The van der Waals surface area contributed by atoms with E-state index in [1.807, 2.05) is 30.3 Å². The molecule has 0 saturated carbocycles. The first-order valence-corrected chi connectivity index (χ1v) is 14.9. The maximum absolute atomic E-state index is 6.52. The SMILES string of the molecule is CC1(C)OB(c2ccc3c(c2)C(c2ccccc2)(c2ccc4nc(-c5ccccc5)oc4c2)c2ccccc2-3)OC1(C)C. The second-order valence-electron chi connectivity index (χ2n) is 12.6. The fourth-order valence-electron chi connectivity index (χ4n) is 6.76. The zero-order chi connectivity index (χ0) is 29.4. The van der Waals surface area contributed by atoms with Gasteiger partial charge in [-0.2, -0.15) is 0 Å². The monoisotopic (exact) mass is 561 g/mol. The van der Waals surface area contributed by atoms with Crippen LogP contribution in [0.5, 0.6) is 0 Å². The van der Waals surface area contributed by atoms with Crippen molar-refractivity contribution in [3.63, 3.8) is 0 Å². The minimum Gasteiger partial charge on any atom is -0.436 e. The standard InChI is InChI=1S/C38H32BNO3/c1-36(2)37(3,4)43-39(42-36)28-20-21-30-29-17-11-12-18-31(29)38(32(30)24-28,26-15-9-6-10-16-26)27-19-22-33-34(23-27)41-35(40-33)25-13-7-5-8-14-25/h5-24H,1-4H3. The average molecular weight is 561 g/mol. The zero-order valence-electron chi connectivity index (χ0n) is 24.8. The molecule has 1 aromatic heterocycles. The number of nitrogens with zero attached hydrogens (tertiary/aromatic N) is 1. The fraction of sp³-hybridized carbons (Fsp3) is 0.184. The van der Waals surface area contributed by atoms with Crippen LogP contribution in [0, 0.1) is 0 Å². The van der Waals surface area contributed by atoms with Gasteiger partial charge >= 0.3 is 7.12 Å². The minimum absolute atomic E-state index is 0.427. The number of hydrogen-bond acceptors (Lipinski definition) is 4. The summed E-state index contributed by atoms with van der Waals surface area (Å²) in [5.41, 5.74) is 9.33. The third kappa shape index (κ3) is 3.81. The number of rotatable bonds is 4. The van der Waals surface area contributed by atoms with Crippen LogP contribution in [-0.4, -0.2) is 23.3 Å². The maximum atomic E-state index is 6.52. The van der Waals surface area contributed by atoms with E-state index < -0.39 is 23.7 Å². The van der Waals surface area contributed by atoms with Crippen LogP contribution < -0.4 is 5.46 Å². The third-order valence-corrected chi connectivity index (χ3v) is 9.64. The van der Waals surface area contributed by atoms with Crippen LogP contribution in [0.2, 0.25) is 0 Å². The normalized spacial score (nSPS) is 19.9. The Labute approximate surface area is 252 Å². The summed E-state index contributed by atoms with van der Waals surface area (Å²) in [5, 5.41) is 0. The highest BCUT2D eigenvalue weighted by Crippen LogP contribution is 2.56. The van der Waals surface area contributed by atoms with E-state index >= 15 is 0 Å². The Hall–Kier alpha value is -4.45. The number of aromatic nitrogens is 1. The van der Waals surface area contributed by atoms with Gasteiger partial charge in [0.15, 0.2) is 5.58 Å². The van der Waals surface area contributed by atoms with Crippen LogP contribution in [0.15, 0.2) is 126 Å². The highest BCUT2D eigenvalue weighted by Gasteiger charge is 2.53. The predicted octanol–water partition coefficient (Wildman–Crippen LogP) is 8.16. The van der Waals surface area contributed by atoms with Crippen molar-refractivity contribution in [3.05, 3.63) is 144 Å². The first-order valence-electron chi connectivity index (χ1n) is 14.9. The van der Waals surface area contributed by atoms with E-state index in [4.69, 9.17) is 18.7 Å². The van der Waals surface area contributed by atoms with Crippen molar-refractivity contribution in [2.75, 3.05) is 0 Å². The number of benzene rings is 5. The summed E-state index contributed by atoms with van der Waals surface area (Å²) < 4.78 is 19.5. The molecule has 43 heavy (non-hydrogen) atoms. The van der Waals surface area contributed by atoms with Crippen molar-refractivity contribution >= 4 is 23.7 Å². The summed E-state index contributed by atoms with van der Waals surface area (Å²) in [6.45, 7) is 8.39. The van der Waals surface area contributed by atoms with Gasteiger partial charge in [-0.3, -0.25) is 0 Å². The molecule has 1 unspecified atom stereocenters. The Morgan fingerprint density at radius 3 is 1.98 bits per heavy atom. The molecule has 1 aliphatic carbocycles. The summed E-state index contributed by atoms with van der Waals surface area (Å²) in [5.74, 6) is 0.622. The molecule has 8 rings (SSSR count). The van der Waals surface area contributed by atoms with Gasteiger partial charge in [0.25, 0.3) is 0 Å². The Bertz CT molecular complexity index is 1980. The number of fused-ring (bicyclic) bond motifs is 4. The van der Waals surface area contributed by atoms with E-state index in [2.05, 4.69) is 119 Å². The summed E-state index contributed by atoms with van der Waals surface area (Å²) in [6.07, 6.45) is 0. The molecule has 0 radical (unpaired) electrons. The van der Waals surface area contributed by atoms with E-state index in [-0.39, 0.29) is 0 Å². The van der Waals surface area contributed by atoms with Crippen molar-refractivity contribution in [3.8, 4) is 22.6 Å². The third-order valence-electron chi connectivity index (χ3n) is 9.64. The molecule has 1 atom stereocenters. The van der Waals surface area contributed by atoms with Gasteiger partial charge in [0.05, 0.1) is 16.6 Å². The topological polar surface area (TPSA) is 44.5 Å².